The van der Waals surface area contributed by atoms with Crippen molar-refractivity contribution >= 4 is 24.2 Å². The second-order valence-electron chi connectivity index (χ2n) is 4.53. The van der Waals surface area contributed by atoms with E-state index in [0.717, 1.165) is 16.0 Å². The standard InChI is InChI=1S/C16H14N2OS/c1-11-2-3-13(10-17)8-15(11)18-16(19)9-12-4-6-14(20)7-5-12/h2-8,20H,9H2,1H3,(H,18,19). The van der Waals surface area contributed by atoms with Gasteiger partial charge in [-0.25, -0.2) is 0 Å². The second-order valence-corrected chi connectivity index (χ2v) is 5.05. The molecule has 0 aliphatic rings. The van der Waals surface area contributed by atoms with Gasteiger partial charge in [-0.05, 0) is 42.3 Å². The van der Waals surface area contributed by atoms with Gasteiger partial charge in [0.15, 0.2) is 0 Å². The molecule has 4 heteroatoms. The Morgan fingerprint density at radius 1 is 1.25 bits per heavy atom. The van der Waals surface area contributed by atoms with Gasteiger partial charge in [-0.2, -0.15) is 5.26 Å². The van der Waals surface area contributed by atoms with Gasteiger partial charge in [0.25, 0.3) is 0 Å². The zero-order valence-corrected chi connectivity index (χ0v) is 11.9. The minimum atomic E-state index is -0.102. The summed E-state index contributed by atoms with van der Waals surface area (Å²) < 4.78 is 0. The van der Waals surface area contributed by atoms with Gasteiger partial charge in [0.2, 0.25) is 5.91 Å². The first kappa shape index (κ1) is 14.2. The maximum atomic E-state index is 12.0. The monoisotopic (exact) mass is 282 g/mol. The van der Waals surface area contributed by atoms with E-state index in [1.54, 1.807) is 12.1 Å². The molecule has 0 aromatic heterocycles. The first-order chi connectivity index (χ1) is 9.58. The van der Waals surface area contributed by atoms with Gasteiger partial charge >= 0.3 is 0 Å². The van der Waals surface area contributed by atoms with Crippen molar-refractivity contribution in [2.75, 3.05) is 5.32 Å². The van der Waals surface area contributed by atoms with Gasteiger partial charge < -0.3 is 5.32 Å². The lowest BCUT2D eigenvalue weighted by Crippen LogP contribution is -2.15. The van der Waals surface area contributed by atoms with E-state index in [1.165, 1.54) is 0 Å². The molecule has 0 heterocycles. The quantitative estimate of drug-likeness (QED) is 0.848. The Balaban J connectivity index is 2.08. The van der Waals surface area contributed by atoms with E-state index >= 15 is 0 Å². The van der Waals surface area contributed by atoms with Crippen molar-refractivity contribution in [2.45, 2.75) is 18.2 Å². The van der Waals surface area contributed by atoms with Crippen molar-refractivity contribution in [1.82, 2.24) is 0 Å². The molecule has 20 heavy (non-hydrogen) atoms. The number of carbonyl (C=O) groups excluding carboxylic acids is 1. The minimum Gasteiger partial charge on any atom is -0.326 e. The van der Waals surface area contributed by atoms with E-state index in [1.807, 2.05) is 37.3 Å². The number of rotatable bonds is 3. The molecule has 0 saturated heterocycles. The molecule has 2 aromatic carbocycles. The van der Waals surface area contributed by atoms with Crippen LogP contribution in [0.2, 0.25) is 0 Å². The summed E-state index contributed by atoms with van der Waals surface area (Å²) in [6.45, 7) is 1.90. The predicted molar refractivity (Wildman–Crippen MR) is 81.9 cm³/mol. The van der Waals surface area contributed by atoms with Crippen molar-refractivity contribution < 1.29 is 4.79 Å². The number of aryl methyl sites for hydroxylation is 1. The molecule has 3 nitrogen and oxygen atoms in total. The van der Waals surface area contributed by atoms with Crippen LogP contribution in [-0.2, 0) is 11.2 Å². The summed E-state index contributed by atoms with van der Waals surface area (Å²) in [6.07, 6.45) is 0.296. The van der Waals surface area contributed by atoms with E-state index in [0.29, 0.717) is 17.7 Å². The number of nitrogens with one attached hydrogen (secondary N) is 1. The molecule has 0 fully saturated rings. The van der Waals surface area contributed by atoms with Crippen LogP contribution in [0.15, 0.2) is 47.4 Å². The normalized spacial score (nSPS) is 9.85. The third-order valence-electron chi connectivity index (χ3n) is 2.94. The average molecular weight is 282 g/mol. The molecule has 0 unspecified atom stereocenters. The summed E-state index contributed by atoms with van der Waals surface area (Å²) >= 11 is 4.21. The van der Waals surface area contributed by atoms with Crippen molar-refractivity contribution in [3.8, 4) is 6.07 Å². The van der Waals surface area contributed by atoms with Crippen molar-refractivity contribution in [3.05, 3.63) is 59.2 Å². The van der Waals surface area contributed by atoms with Crippen LogP contribution in [0.25, 0.3) is 0 Å². The lowest BCUT2D eigenvalue weighted by molar-refractivity contribution is -0.115. The maximum absolute atomic E-state index is 12.0. The molecule has 2 aromatic rings. The average Bonchev–Trinajstić information content (AvgIpc) is 2.44. The molecular formula is C16H14N2OS. The lowest BCUT2D eigenvalue weighted by Gasteiger charge is -2.09. The fourth-order valence-corrected chi connectivity index (χ4v) is 1.97. The maximum Gasteiger partial charge on any atom is 0.228 e. The molecule has 0 aliphatic carbocycles. The third-order valence-corrected chi connectivity index (χ3v) is 3.24. The third kappa shape index (κ3) is 3.62. The predicted octanol–water partition coefficient (Wildman–Crippen LogP) is 3.34. The topological polar surface area (TPSA) is 52.9 Å². The zero-order valence-electron chi connectivity index (χ0n) is 11.1. The van der Waals surface area contributed by atoms with E-state index in [2.05, 4.69) is 24.0 Å². The molecule has 0 saturated carbocycles. The van der Waals surface area contributed by atoms with Crippen LogP contribution in [0.5, 0.6) is 0 Å². The summed E-state index contributed by atoms with van der Waals surface area (Å²) in [4.78, 5) is 12.9. The molecule has 2 rings (SSSR count). The highest BCUT2D eigenvalue weighted by molar-refractivity contribution is 7.80. The Kier molecular flexibility index (Phi) is 4.44. The minimum absolute atomic E-state index is 0.102. The number of nitrogens with zero attached hydrogens (tertiary/aromatic N) is 1. The molecule has 0 aliphatic heterocycles. The number of hydrogen-bond acceptors (Lipinski definition) is 3. The van der Waals surface area contributed by atoms with Crippen LogP contribution in [0.3, 0.4) is 0 Å². The van der Waals surface area contributed by atoms with Crippen molar-refractivity contribution in [1.29, 1.82) is 5.26 Å². The number of nitriles is 1. The first-order valence-corrected chi connectivity index (χ1v) is 6.62. The Labute approximate surface area is 123 Å². The van der Waals surface area contributed by atoms with Crippen molar-refractivity contribution in [3.63, 3.8) is 0 Å². The molecule has 0 spiro atoms. The van der Waals surface area contributed by atoms with Crippen LogP contribution in [-0.4, -0.2) is 5.91 Å². The van der Waals surface area contributed by atoms with Crippen LogP contribution >= 0.6 is 12.6 Å². The van der Waals surface area contributed by atoms with Crippen LogP contribution in [0.1, 0.15) is 16.7 Å². The summed E-state index contributed by atoms with van der Waals surface area (Å²) in [6, 6.07) is 14.8. The molecule has 1 amide bonds. The highest BCUT2D eigenvalue weighted by Crippen LogP contribution is 2.17. The van der Waals surface area contributed by atoms with E-state index in [9.17, 15) is 4.79 Å². The van der Waals surface area contributed by atoms with Crippen LogP contribution < -0.4 is 5.32 Å². The van der Waals surface area contributed by atoms with Gasteiger partial charge in [0.1, 0.15) is 0 Å². The summed E-state index contributed by atoms with van der Waals surface area (Å²) in [5, 5.41) is 11.7. The Morgan fingerprint density at radius 2 is 1.95 bits per heavy atom. The van der Waals surface area contributed by atoms with Gasteiger partial charge in [-0.1, -0.05) is 18.2 Å². The largest absolute Gasteiger partial charge is 0.326 e. The number of benzene rings is 2. The molecule has 0 bridgehead atoms. The number of hydrogen-bond donors (Lipinski definition) is 2. The summed E-state index contributed by atoms with van der Waals surface area (Å²) in [7, 11) is 0. The molecule has 0 radical (unpaired) electrons. The zero-order chi connectivity index (χ0) is 14.5. The second kappa shape index (κ2) is 6.27. The molecule has 100 valence electrons. The molecule has 1 N–H and O–H groups in total. The SMILES string of the molecule is Cc1ccc(C#N)cc1NC(=O)Cc1ccc(S)cc1. The number of anilines is 1. The highest BCUT2D eigenvalue weighted by atomic mass is 32.1. The van der Waals surface area contributed by atoms with Crippen LogP contribution in [0, 0.1) is 18.3 Å². The fourth-order valence-electron chi connectivity index (χ4n) is 1.82. The van der Waals surface area contributed by atoms with E-state index < -0.39 is 0 Å². The lowest BCUT2D eigenvalue weighted by atomic mass is 10.1. The molecular weight excluding hydrogens is 268 g/mol. The fraction of sp³-hybridized carbons (Fsp3) is 0.125. The Hall–Kier alpha value is -2.25. The van der Waals surface area contributed by atoms with Gasteiger partial charge in [0.05, 0.1) is 18.1 Å². The van der Waals surface area contributed by atoms with Gasteiger partial charge in [-0.3, -0.25) is 4.79 Å². The van der Waals surface area contributed by atoms with E-state index in [-0.39, 0.29) is 5.91 Å². The number of thiol groups is 1. The molecule has 0 atom stereocenters. The Bertz CT molecular complexity index is 672. The van der Waals surface area contributed by atoms with Crippen LogP contribution in [0.4, 0.5) is 5.69 Å². The van der Waals surface area contributed by atoms with Gasteiger partial charge in [0, 0.05) is 10.6 Å². The first-order valence-electron chi connectivity index (χ1n) is 6.17. The summed E-state index contributed by atoms with van der Waals surface area (Å²) in [5.74, 6) is -0.102. The Morgan fingerprint density at radius 3 is 2.60 bits per heavy atom. The van der Waals surface area contributed by atoms with Crippen molar-refractivity contribution in [2.24, 2.45) is 0 Å². The number of amides is 1. The smallest absolute Gasteiger partial charge is 0.228 e. The summed E-state index contributed by atoms with van der Waals surface area (Å²) in [5.41, 5.74) is 3.07. The highest BCUT2D eigenvalue weighted by Gasteiger charge is 2.07. The van der Waals surface area contributed by atoms with E-state index in [4.69, 9.17) is 5.26 Å². The van der Waals surface area contributed by atoms with Gasteiger partial charge in [-0.15, -0.1) is 12.6 Å². The number of carbonyl (C=O) groups is 1.